The van der Waals surface area contributed by atoms with Crippen molar-refractivity contribution in [2.75, 3.05) is 6.61 Å². The van der Waals surface area contributed by atoms with Gasteiger partial charge in [0.25, 0.3) is 0 Å². The van der Waals surface area contributed by atoms with Crippen molar-refractivity contribution in [2.45, 2.75) is 32.5 Å². The molecule has 1 aromatic carbocycles. The summed E-state index contributed by atoms with van der Waals surface area (Å²) in [6.07, 6.45) is -2.85. The third kappa shape index (κ3) is 6.29. The Balaban J connectivity index is 1.50. The lowest BCUT2D eigenvalue weighted by Gasteiger charge is -2.12. The summed E-state index contributed by atoms with van der Waals surface area (Å²) in [5, 5.41) is 10.5. The highest BCUT2D eigenvalue weighted by Gasteiger charge is 2.29. The van der Waals surface area contributed by atoms with Crippen molar-refractivity contribution in [1.82, 2.24) is 20.5 Å². The van der Waals surface area contributed by atoms with E-state index in [4.69, 9.17) is 9.15 Å². The SMILES string of the molecule is Cc1ccc(-c2nnc(CCC(=O)NCc3cccnc3OCC(F)(F)F)o2)cc1. The Morgan fingerprint density at radius 1 is 1.17 bits per heavy atom. The molecule has 7 nitrogen and oxygen atoms in total. The molecular formula is C20H19F3N4O3. The second kappa shape index (κ2) is 9.38. The lowest BCUT2D eigenvalue weighted by atomic mass is 10.1. The number of halogens is 3. The van der Waals surface area contributed by atoms with Gasteiger partial charge in [-0.1, -0.05) is 23.8 Å². The van der Waals surface area contributed by atoms with Crippen molar-refractivity contribution < 1.29 is 27.1 Å². The second-order valence-corrected chi connectivity index (χ2v) is 6.52. The van der Waals surface area contributed by atoms with Crippen molar-refractivity contribution >= 4 is 5.91 Å². The summed E-state index contributed by atoms with van der Waals surface area (Å²) in [5.74, 6) is 0.189. The Labute approximate surface area is 170 Å². The van der Waals surface area contributed by atoms with E-state index >= 15 is 0 Å². The van der Waals surface area contributed by atoms with E-state index in [9.17, 15) is 18.0 Å². The van der Waals surface area contributed by atoms with Crippen LogP contribution in [0.3, 0.4) is 0 Å². The van der Waals surface area contributed by atoms with E-state index in [1.807, 2.05) is 31.2 Å². The number of hydrogen-bond donors (Lipinski definition) is 1. The van der Waals surface area contributed by atoms with Gasteiger partial charge >= 0.3 is 6.18 Å². The molecule has 3 aromatic rings. The van der Waals surface area contributed by atoms with Crippen LogP contribution >= 0.6 is 0 Å². The van der Waals surface area contributed by atoms with Crippen LogP contribution in [0.25, 0.3) is 11.5 Å². The Hall–Kier alpha value is -3.43. The molecule has 0 saturated heterocycles. The predicted octanol–water partition coefficient (Wildman–Crippen LogP) is 3.63. The predicted molar refractivity (Wildman–Crippen MR) is 100 cm³/mol. The number of aryl methyl sites for hydroxylation is 2. The smallest absolute Gasteiger partial charge is 0.422 e. The van der Waals surface area contributed by atoms with Crippen molar-refractivity contribution in [1.29, 1.82) is 0 Å². The summed E-state index contributed by atoms with van der Waals surface area (Å²) in [4.78, 5) is 15.9. The number of amides is 1. The van der Waals surface area contributed by atoms with Crippen LogP contribution in [0.4, 0.5) is 13.2 Å². The first-order valence-corrected chi connectivity index (χ1v) is 9.10. The zero-order chi connectivity index (χ0) is 21.6. The number of carbonyl (C=O) groups is 1. The number of ether oxygens (including phenoxy) is 1. The van der Waals surface area contributed by atoms with Gasteiger partial charge in [-0.05, 0) is 25.1 Å². The van der Waals surface area contributed by atoms with E-state index < -0.39 is 12.8 Å². The van der Waals surface area contributed by atoms with E-state index in [1.54, 1.807) is 6.07 Å². The molecule has 10 heteroatoms. The molecule has 2 heterocycles. The van der Waals surface area contributed by atoms with Gasteiger partial charge in [0.05, 0.1) is 0 Å². The molecule has 1 amide bonds. The molecule has 0 bridgehead atoms. The molecule has 2 aromatic heterocycles. The van der Waals surface area contributed by atoms with E-state index in [1.165, 1.54) is 12.3 Å². The van der Waals surface area contributed by atoms with Crippen molar-refractivity contribution in [2.24, 2.45) is 0 Å². The topological polar surface area (TPSA) is 90.1 Å². The van der Waals surface area contributed by atoms with Crippen LogP contribution in [0.15, 0.2) is 47.0 Å². The fraction of sp³-hybridized carbons (Fsp3) is 0.300. The number of carbonyl (C=O) groups excluding carboxylic acids is 1. The summed E-state index contributed by atoms with van der Waals surface area (Å²) < 4.78 is 47.3. The highest BCUT2D eigenvalue weighted by Crippen LogP contribution is 2.20. The third-order valence-corrected chi connectivity index (χ3v) is 4.03. The number of pyridine rings is 1. The average molecular weight is 420 g/mol. The number of nitrogens with one attached hydrogen (secondary N) is 1. The number of hydrogen-bond acceptors (Lipinski definition) is 6. The third-order valence-electron chi connectivity index (χ3n) is 4.03. The fourth-order valence-corrected chi connectivity index (χ4v) is 2.51. The molecule has 0 aliphatic rings. The van der Waals surface area contributed by atoms with Crippen LogP contribution in [0.5, 0.6) is 5.88 Å². The first kappa shape index (κ1) is 21.3. The van der Waals surface area contributed by atoms with Crippen LogP contribution in [0.1, 0.15) is 23.4 Å². The molecule has 0 radical (unpaired) electrons. The molecule has 0 saturated carbocycles. The van der Waals surface area contributed by atoms with Crippen LogP contribution in [0.2, 0.25) is 0 Å². The largest absolute Gasteiger partial charge is 0.468 e. The van der Waals surface area contributed by atoms with Gasteiger partial charge in [-0.25, -0.2) is 4.98 Å². The number of aromatic nitrogens is 3. The lowest BCUT2D eigenvalue weighted by molar-refractivity contribution is -0.154. The van der Waals surface area contributed by atoms with Gasteiger partial charge in [-0.15, -0.1) is 10.2 Å². The summed E-state index contributed by atoms with van der Waals surface area (Å²) in [6.45, 7) is 0.502. The highest BCUT2D eigenvalue weighted by molar-refractivity contribution is 5.76. The molecule has 1 N–H and O–H groups in total. The molecular weight excluding hydrogens is 401 g/mol. The summed E-state index contributed by atoms with van der Waals surface area (Å²) in [6, 6.07) is 10.7. The Morgan fingerprint density at radius 3 is 2.67 bits per heavy atom. The maximum atomic E-state index is 12.3. The van der Waals surface area contributed by atoms with Crippen LogP contribution in [0, 0.1) is 6.92 Å². The Kier molecular flexibility index (Phi) is 6.65. The molecule has 0 unspecified atom stereocenters. The fourth-order valence-electron chi connectivity index (χ4n) is 2.51. The van der Waals surface area contributed by atoms with Gasteiger partial charge in [0.1, 0.15) is 0 Å². The monoisotopic (exact) mass is 420 g/mol. The lowest BCUT2D eigenvalue weighted by Crippen LogP contribution is -2.24. The molecule has 0 atom stereocenters. The van der Waals surface area contributed by atoms with E-state index in [-0.39, 0.29) is 31.2 Å². The Bertz CT molecular complexity index is 987. The molecule has 0 aliphatic carbocycles. The highest BCUT2D eigenvalue weighted by atomic mass is 19.4. The zero-order valence-electron chi connectivity index (χ0n) is 16.1. The molecule has 3 rings (SSSR count). The molecule has 158 valence electrons. The van der Waals surface area contributed by atoms with E-state index in [0.717, 1.165) is 11.1 Å². The van der Waals surface area contributed by atoms with Gasteiger partial charge in [0.15, 0.2) is 6.61 Å². The Morgan fingerprint density at radius 2 is 1.93 bits per heavy atom. The van der Waals surface area contributed by atoms with Gasteiger partial charge in [0, 0.05) is 36.7 Å². The van der Waals surface area contributed by atoms with Gasteiger partial charge in [-0.3, -0.25) is 4.79 Å². The number of benzene rings is 1. The first-order chi connectivity index (χ1) is 14.3. The first-order valence-electron chi connectivity index (χ1n) is 9.10. The molecule has 0 aliphatic heterocycles. The molecule has 0 spiro atoms. The number of alkyl halides is 3. The van der Waals surface area contributed by atoms with Crippen molar-refractivity contribution in [3.63, 3.8) is 0 Å². The van der Waals surface area contributed by atoms with Crippen LogP contribution in [-0.2, 0) is 17.8 Å². The van der Waals surface area contributed by atoms with E-state index in [0.29, 0.717) is 17.3 Å². The number of nitrogens with zero attached hydrogens (tertiary/aromatic N) is 3. The van der Waals surface area contributed by atoms with E-state index in [2.05, 4.69) is 20.5 Å². The minimum absolute atomic E-state index is 0.0156. The van der Waals surface area contributed by atoms with Crippen LogP contribution < -0.4 is 10.1 Å². The zero-order valence-corrected chi connectivity index (χ0v) is 16.1. The van der Waals surface area contributed by atoms with Crippen LogP contribution in [-0.4, -0.2) is 33.9 Å². The maximum absolute atomic E-state index is 12.3. The van der Waals surface area contributed by atoms with Gasteiger partial charge in [-0.2, -0.15) is 13.2 Å². The quantitative estimate of drug-likeness (QED) is 0.599. The minimum atomic E-state index is -4.47. The average Bonchev–Trinajstić information content (AvgIpc) is 3.19. The molecule has 30 heavy (non-hydrogen) atoms. The van der Waals surface area contributed by atoms with Crippen molar-refractivity contribution in [3.8, 4) is 17.3 Å². The summed E-state index contributed by atoms with van der Waals surface area (Å²) in [7, 11) is 0. The van der Waals surface area contributed by atoms with Gasteiger partial charge in [0.2, 0.25) is 23.6 Å². The minimum Gasteiger partial charge on any atom is -0.468 e. The standard InChI is InChI=1S/C20H19F3N4O3/c1-13-4-6-14(7-5-13)19-27-26-17(30-19)9-8-16(28)25-11-15-3-2-10-24-18(15)29-12-20(21,22)23/h2-7,10H,8-9,11-12H2,1H3,(H,25,28). The maximum Gasteiger partial charge on any atom is 0.422 e. The van der Waals surface area contributed by atoms with Crippen molar-refractivity contribution in [3.05, 3.63) is 59.6 Å². The number of rotatable bonds is 8. The van der Waals surface area contributed by atoms with Gasteiger partial charge < -0.3 is 14.5 Å². The second-order valence-electron chi connectivity index (χ2n) is 6.52. The normalized spacial score (nSPS) is 11.3. The summed E-state index contributed by atoms with van der Waals surface area (Å²) >= 11 is 0. The summed E-state index contributed by atoms with van der Waals surface area (Å²) in [5.41, 5.74) is 2.23. The molecule has 0 fully saturated rings.